The van der Waals surface area contributed by atoms with Gasteiger partial charge in [0.15, 0.2) is 0 Å². The molecule has 0 saturated carbocycles. The fourth-order valence-corrected chi connectivity index (χ4v) is 2.43. The molecule has 0 aliphatic carbocycles. The summed E-state index contributed by atoms with van der Waals surface area (Å²) in [4.78, 5) is 14.0. The number of esters is 1. The monoisotopic (exact) mass is 354 g/mol. The van der Waals surface area contributed by atoms with E-state index in [2.05, 4.69) is 10.3 Å². The molecule has 0 aliphatic heterocycles. The highest BCUT2D eigenvalue weighted by atomic mass is 19.1. The molecular formula is C19H19FN4O2. The number of para-hydroxylation sites is 1. The smallest absolute Gasteiger partial charge is 0.328 e. The highest BCUT2D eigenvalue weighted by Gasteiger charge is 2.09. The fourth-order valence-electron chi connectivity index (χ4n) is 2.43. The number of aromatic nitrogens is 3. The van der Waals surface area contributed by atoms with Gasteiger partial charge in [-0.3, -0.25) is 4.79 Å². The standard InChI is InChI=1S/C19H19FN4O2/c1-23(18-5-3-2-4-6-18)11-17-12-24(22-21-17)13-19(25)26-14-15-7-9-16(20)10-8-15/h2-10,12H,11,13-14H2,1H3. The zero-order chi connectivity index (χ0) is 18.4. The lowest BCUT2D eigenvalue weighted by Crippen LogP contribution is -2.16. The van der Waals surface area contributed by atoms with Crippen molar-refractivity contribution in [3.05, 3.63) is 77.9 Å². The van der Waals surface area contributed by atoms with Crippen LogP contribution in [0, 0.1) is 5.82 Å². The number of hydrogen-bond acceptors (Lipinski definition) is 5. The number of anilines is 1. The molecule has 3 aromatic rings. The molecule has 3 rings (SSSR count). The molecule has 0 atom stereocenters. The Bertz CT molecular complexity index is 849. The fraction of sp³-hybridized carbons (Fsp3) is 0.211. The van der Waals surface area contributed by atoms with E-state index in [0.29, 0.717) is 6.54 Å². The van der Waals surface area contributed by atoms with Crippen LogP contribution in [0.15, 0.2) is 60.8 Å². The summed E-state index contributed by atoms with van der Waals surface area (Å²) >= 11 is 0. The molecule has 0 bridgehead atoms. The van der Waals surface area contributed by atoms with E-state index in [1.807, 2.05) is 42.3 Å². The number of rotatable bonds is 7. The van der Waals surface area contributed by atoms with Crippen molar-refractivity contribution < 1.29 is 13.9 Å². The maximum atomic E-state index is 12.8. The van der Waals surface area contributed by atoms with Gasteiger partial charge in [-0.1, -0.05) is 35.5 Å². The summed E-state index contributed by atoms with van der Waals surface area (Å²) in [7, 11) is 1.96. The Morgan fingerprint density at radius 2 is 1.88 bits per heavy atom. The molecule has 0 aliphatic rings. The van der Waals surface area contributed by atoms with E-state index in [0.717, 1.165) is 16.9 Å². The third-order valence-corrected chi connectivity index (χ3v) is 3.79. The number of halogens is 1. The quantitative estimate of drug-likeness (QED) is 0.611. The first-order chi connectivity index (χ1) is 12.6. The topological polar surface area (TPSA) is 60.2 Å². The second kappa shape index (κ2) is 8.24. The van der Waals surface area contributed by atoms with Crippen molar-refractivity contribution in [2.75, 3.05) is 11.9 Å². The summed E-state index contributed by atoms with van der Waals surface area (Å²) in [5, 5.41) is 8.04. The van der Waals surface area contributed by atoms with Crippen molar-refractivity contribution >= 4 is 11.7 Å². The Kier molecular flexibility index (Phi) is 5.58. The normalized spacial score (nSPS) is 10.5. The second-order valence-corrected chi connectivity index (χ2v) is 5.89. The molecule has 6 nitrogen and oxygen atoms in total. The van der Waals surface area contributed by atoms with Crippen molar-refractivity contribution in [2.24, 2.45) is 0 Å². The lowest BCUT2D eigenvalue weighted by molar-refractivity contribution is -0.145. The van der Waals surface area contributed by atoms with Gasteiger partial charge in [0.1, 0.15) is 24.7 Å². The zero-order valence-corrected chi connectivity index (χ0v) is 14.4. The van der Waals surface area contributed by atoms with Crippen molar-refractivity contribution in [1.82, 2.24) is 15.0 Å². The molecule has 1 heterocycles. The van der Waals surface area contributed by atoms with Crippen LogP contribution >= 0.6 is 0 Å². The van der Waals surface area contributed by atoms with Crippen molar-refractivity contribution in [2.45, 2.75) is 19.7 Å². The predicted molar refractivity (Wildman–Crippen MR) is 94.8 cm³/mol. The van der Waals surface area contributed by atoms with E-state index in [-0.39, 0.29) is 19.0 Å². The zero-order valence-electron chi connectivity index (χ0n) is 14.4. The highest BCUT2D eigenvalue weighted by Crippen LogP contribution is 2.13. The maximum Gasteiger partial charge on any atom is 0.328 e. The van der Waals surface area contributed by atoms with Crippen LogP contribution in [0.1, 0.15) is 11.3 Å². The van der Waals surface area contributed by atoms with Crippen LogP contribution in [-0.4, -0.2) is 28.0 Å². The average Bonchev–Trinajstić information content (AvgIpc) is 3.08. The Hall–Kier alpha value is -3.22. The van der Waals surface area contributed by atoms with E-state index in [1.165, 1.54) is 16.8 Å². The van der Waals surface area contributed by atoms with Gasteiger partial charge in [0, 0.05) is 12.7 Å². The number of benzene rings is 2. The van der Waals surface area contributed by atoms with Gasteiger partial charge in [0.05, 0.1) is 12.7 Å². The maximum absolute atomic E-state index is 12.8. The Balaban J connectivity index is 1.49. The third-order valence-electron chi connectivity index (χ3n) is 3.79. The van der Waals surface area contributed by atoms with Crippen LogP contribution in [0.3, 0.4) is 0 Å². The third kappa shape index (κ3) is 4.89. The molecule has 0 spiro atoms. The Morgan fingerprint density at radius 1 is 1.15 bits per heavy atom. The average molecular weight is 354 g/mol. The summed E-state index contributed by atoms with van der Waals surface area (Å²) in [6.45, 7) is 0.648. The van der Waals surface area contributed by atoms with Crippen LogP contribution in [0.5, 0.6) is 0 Å². The molecule has 0 unspecified atom stereocenters. The molecule has 0 saturated heterocycles. The van der Waals surface area contributed by atoms with E-state index in [4.69, 9.17) is 4.74 Å². The minimum atomic E-state index is -0.429. The molecule has 134 valence electrons. The Labute approximate surface area is 150 Å². The van der Waals surface area contributed by atoms with Gasteiger partial charge in [-0.05, 0) is 29.8 Å². The summed E-state index contributed by atoms with van der Waals surface area (Å²) in [6, 6.07) is 15.7. The van der Waals surface area contributed by atoms with Crippen LogP contribution in [0.25, 0.3) is 0 Å². The highest BCUT2D eigenvalue weighted by molar-refractivity contribution is 5.69. The Morgan fingerprint density at radius 3 is 2.62 bits per heavy atom. The summed E-state index contributed by atoms with van der Waals surface area (Å²) in [5.41, 5.74) is 2.55. The van der Waals surface area contributed by atoms with E-state index in [9.17, 15) is 9.18 Å². The number of hydrogen-bond donors (Lipinski definition) is 0. The minimum absolute atomic E-state index is 0.0246. The summed E-state index contributed by atoms with van der Waals surface area (Å²) in [6.07, 6.45) is 1.72. The summed E-state index contributed by atoms with van der Waals surface area (Å²) in [5.74, 6) is -0.752. The van der Waals surface area contributed by atoms with Gasteiger partial charge in [-0.2, -0.15) is 0 Å². The van der Waals surface area contributed by atoms with Crippen LogP contribution in [-0.2, 0) is 29.2 Å². The molecule has 0 amide bonds. The molecule has 0 radical (unpaired) electrons. The van der Waals surface area contributed by atoms with Gasteiger partial charge >= 0.3 is 5.97 Å². The minimum Gasteiger partial charge on any atom is -0.459 e. The van der Waals surface area contributed by atoms with Crippen molar-refractivity contribution in [1.29, 1.82) is 0 Å². The van der Waals surface area contributed by atoms with Gasteiger partial charge in [-0.25, -0.2) is 9.07 Å². The summed E-state index contributed by atoms with van der Waals surface area (Å²) < 4.78 is 19.5. The molecule has 2 aromatic carbocycles. The van der Waals surface area contributed by atoms with Crippen LogP contribution in [0.2, 0.25) is 0 Å². The van der Waals surface area contributed by atoms with Gasteiger partial charge < -0.3 is 9.64 Å². The SMILES string of the molecule is CN(Cc1cn(CC(=O)OCc2ccc(F)cc2)nn1)c1ccccc1. The molecule has 0 fully saturated rings. The molecule has 0 N–H and O–H groups in total. The van der Waals surface area contributed by atoms with Crippen LogP contribution < -0.4 is 4.90 Å². The number of carbonyl (C=O) groups is 1. The number of ether oxygens (including phenoxy) is 1. The first kappa shape index (κ1) is 17.6. The van der Waals surface area contributed by atoms with Crippen molar-refractivity contribution in [3.63, 3.8) is 0 Å². The first-order valence-corrected chi connectivity index (χ1v) is 8.15. The van der Waals surface area contributed by atoms with E-state index < -0.39 is 5.97 Å². The second-order valence-electron chi connectivity index (χ2n) is 5.89. The largest absolute Gasteiger partial charge is 0.459 e. The predicted octanol–water partition coefficient (Wildman–Crippen LogP) is 2.80. The van der Waals surface area contributed by atoms with Crippen molar-refractivity contribution in [3.8, 4) is 0 Å². The molecular weight excluding hydrogens is 335 g/mol. The molecule has 7 heteroatoms. The first-order valence-electron chi connectivity index (χ1n) is 8.15. The lowest BCUT2D eigenvalue weighted by atomic mass is 10.2. The van der Waals surface area contributed by atoms with Gasteiger partial charge in [0.25, 0.3) is 0 Å². The molecule has 26 heavy (non-hydrogen) atoms. The molecule has 1 aromatic heterocycles. The van der Waals surface area contributed by atoms with Crippen LogP contribution in [0.4, 0.5) is 10.1 Å². The van der Waals surface area contributed by atoms with E-state index in [1.54, 1.807) is 18.3 Å². The lowest BCUT2D eigenvalue weighted by Gasteiger charge is -2.17. The van der Waals surface area contributed by atoms with E-state index >= 15 is 0 Å². The van der Waals surface area contributed by atoms with Gasteiger partial charge in [0.2, 0.25) is 0 Å². The number of nitrogens with zero attached hydrogens (tertiary/aromatic N) is 4. The van der Waals surface area contributed by atoms with Gasteiger partial charge in [-0.15, -0.1) is 5.10 Å². The number of carbonyl (C=O) groups excluding carboxylic acids is 1.